The van der Waals surface area contributed by atoms with Gasteiger partial charge in [0.2, 0.25) is 0 Å². The number of allylic oxidation sites excluding steroid dienone is 3. The molecular weight excluding hydrogens is 850 g/mol. The summed E-state index contributed by atoms with van der Waals surface area (Å²) in [6.07, 6.45) is 16.9. The molecule has 1 aliphatic rings. The number of thioether (sulfide) groups is 1. The van der Waals surface area contributed by atoms with E-state index in [4.69, 9.17) is 4.98 Å². The maximum Gasteiger partial charge on any atom is 2.00 e. The third kappa shape index (κ3) is 19.0. The van der Waals surface area contributed by atoms with Gasteiger partial charge in [-0.3, -0.25) is 6.29 Å². The van der Waals surface area contributed by atoms with Crippen molar-refractivity contribution in [1.29, 1.82) is 0 Å². The maximum absolute atomic E-state index is 13.5. The van der Waals surface area contributed by atoms with E-state index in [1.807, 2.05) is 47.2 Å². The summed E-state index contributed by atoms with van der Waals surface area (Å²) in [6.45, 7) is 20.3. The quantitative estimate of drug-likeness (QED) is 0.162. The van der Waals surface area contributed by atoms with Crippen LogP contribution in [0.4, 0.5) is 0 Å². The first-order chi connectivity index (χ1) is 20.1. The molecule has 1 aromatic carbocycles. The van der Waals surface area contributed by atoms with Crippen LogP contribution in [-0.2, 0) is 10.5 Å². The van der Waals surface area contributed by atoms with Gasteiger partial charge >= 0.3 is 82.5 Å². The average molecular weight is 909 g/mol. The summed E-state index contributed by atoms with van der Waals surface area (Å²) in [6, 6.07) is 6.35. The van der Waals surface area contributed by atoms with E-state index in [-0.39, 0.29) is 88.0 Å². The molecule has 0 spiro atoms. The molecule has 1 heterocycles. The molecule has 2 aromatic rings. The van der Waals surface area contributed by atoms with Gasteiger partial charge in [-0.05, 0) is 80.5 Å². The summed E-state index contributed by atoms with van der Waals surface area (Å²) in [5, 5.41) is 17.7. The van der Waals surface area contributed by atoms with Crippen LogP contribution in [0.1, 0.15) is 143 Å². The molecule has 1 fully saturated rings. The van der Waals surface area contributed by atoms with Gasteiger partial charge in [-0.1, -0.05) is 95.8 Å². The van der Waals surface area contributed by atoms with Crippen LogP contribution in [0.2, 0.25) is 0 Å². The van der Waals surface area contributed by atoms with Gasteiger partial charge in [-0.15, -0.1) is 11.3 Å². The molecule has 3 N–H and O–H groups in total. The number of thiazole rings is 1. The Morgan fingerprint density at radius 3 is 2.22 bits per heavy atom. The largest absolute Gasteiger partial charge is 2.00 e. The number of nitrogens with one attached hydrogen (secondary N) is 1. The molecule has 5 nitrogen and oxygen atoms in total. The van der Waals surface area contributed by atoms with Crippen LogP contribution >= 0.6 is 23.1 Å². The van der Waals surface area contributed by atoms with Crippen LogP contribution in [0.5, 0.6) is 0 Å². The van der Waals surface area contributed by atoms with E-state index in [0.29, 0.717) is 12.3 Å². The van der Waals surface area contributed by atoms with Gasteiger partial charge in [0, 0.05) is 17.0 Å². The monoisotopic (exact) mass is 908 g/mol. The van der Waals surface area contributed by atoms with Crippen molar-refractivity contribution in [3.05, 3.63) is 63.5 Å². The fourth-order valence-electron chi connectivity index (χ4n) is 4.28. The summed E-state index contributed by atoms with van der Waals surface area (Å²) < 4.78 is 0. The smallest absolute Gasteiger partial charge is 0.835 e. The first-order valence-electron chi connectivity index (χ1n) is 15.7. The maximum atomic E-state index is 13.5. The van der Waals surface area contributed by atoms with Gasteiger partial charge < -0.3 is 27.1 Å². The van der Waals surface area contributed by atoms with E-state index in [0.717, 1.165) is 34.4 Å². The second kappa shape index (κ2) is 30.9. The molecule has 3 rings (SSSR count). The van der Waals surface area contributed by atoms with E-state index in [9.17, 15) is 9.90 Å². The fraction of sp³-hybridized carbons (Fsp3) is 0.583. The number of hydrogen-bond acceptors (Lipinski definition) is 6. The minimum Gasteiger partial charge on any atom is -0.835 e. The Morgan fingerprint density at radius 2 is 1.78 bits per heavy atom. The van der Waals surface area contributed by atoms with Crippen LogP contribution in [0, 0.1) is 37.5 Å². The number of rotatable bonds is 10. The Balaban J connectivity index is -0.000000571. The van der Waals surface area contributed by atoms with Crippen molar-refractivity contribution in [3.8, 4) is 10.4 Å². The van der Waals surface area contributed by atoms with Crippen molar-refractivity contribution in [3.63, 3.8) is 0 Å². The Morgan fingerprint density at radius 1 is 1.20 bits per heavy atom. The van der Waals surface area contributed by atoms with E-state index in [2.05, 4.69) is 57.3 Å². The SMILES string of the molecule is C/C=C(\SC(C)=C(C)CC)c1ccc(-c2cnc(C3CCCCC3)s2)c(C(C)([O-])NC)c1.CC.CCC[C-]=O.C[CH-]C.O.[K+].[U+2]. The number of nitrogens with zero attached hydrogens (tertiary/aromatic N) is 1. The van der Waals surface area contributed by atoms with Gasteiger partial charge in [0.25, 0.3) is 0 Å². The summed E-state index contributed by atoms with van der Waals surface area (Å²) in [7, 11) is 1.74. The molecule has 45 heavy (non-hydrogen) atoms. The molecule has 248 valence electrons. The van der Waals surface area contributed by atoms with E-state index in [1.54, 1.807) is 43.4 Å². The molecule has 0 bridgehead atoms. The molecule has 1 atom stereocenters. The summed E-state index contributed by atoms with van der Waals surface area (Å²) in [4.78, 5) is 17.7. The van der Waals surface area contributed by atoms with Crippen LogP contribution < -0.4 is 61.8 Å². The normalized spacial score (nSPS) is 14.4. The van der Waals surface area contributed by atoms with Crippen molar-refractivity contribution >= 4 is 34.3 Å². The van der Waals surface area contributed by atoms with Crippen LogP contribution in [0.3, 0.4) is 0 Å². The predicted octanol–water partition coefficient (Wildman–Crippen LogP) is 6.74. The molecular formula is C36H59KN2O3S2U. The number of hydrogen-bond donors (Lipinski definition) is 1. The zero-order chi connectivity index (χ0) is 32.1. The number of carbonyl (C=O) groups excluding carboxylic acids is 1. The summed E-state index contributed by atoms with van der Waals surface area (Å²) in [5.41, 5.74) is 2.89. The number of aromatic nitrogens is 1. The van der Waals surface area contributed by atoms with Crippen molar-refractivity contribution in [2.75, 3.05) is 7.05 Å². The molecule has 1 unspecified atom stereocenters. The standard InChI is InChI=1S/C27H37N2OS2.C4H7O.C3H7.C2H6.K.H2O.U/c1-7-18(3)19(4)31-24(8-2)21-14-15-22(23(16-21)27(5,30)28-6)25-17-29-26(32-25)20-12-10-9-11-13-20;1-2-3-4-5;1-3-2;1-2;;;/h8,14-17,20,28H,7,9-13H2,1-6H3;2-3H2,1H3;3H,1-2H3;1-2H3;;1H2;/q3*-1;;+1;;+2/b19-18?,24-8-;;;;;;. The zero-order valence-corrected chi connectivity index (χ0v) is 39.2. The number of benzene rings is 1. The molecule has 1 aromatic heterocycles. The Labute approximate surface area is 351 Å². The van der Waals surface area contributed by atoms with E-state index < -0.39 is 5.72 Å². The first-order valence-corrected chi connectivity index (χ1v) is 17.4. The van der Waals surface area contributed by atoms with E-state index >= 15 is 0 Å². The fourth-order valence-corrected chi connectivity index (χ4v) is 6.42. The van der Waals surface area contributed by atoms with Crippen LogP contribution in [0.25, 0.3) is 15.3 Å². The van der Waals surface area contributed by atoms with Gasteiger partial charge in [0.1, 0.15) is 0 Å². The van der Waals surface area contributed by atoms with Crippen molar-refractivity contribution in [2.45, 2.75) is 132 Å². The Hall–Kier alpha value is 0.918. The first kappa shape index (κ1) is 52.7. The third-order valence-corrected chi connectivity index (χ3v) is 9.59. The van der Waals surface area contributed by atoms with Gasteiger partial charge in [-0.25, -0.2) is 4.98 Å². The van der Waals surface area contributed by atoms with Gasteiger partial charge in [0.05, 0.1) is 9.88 Å². The Bertz CT molecular complexity index is 1100. The summed E-state index contributed by atoms with van der Waals surface area (Å²) >= 11 is 3.56. The third-order valence-electron chi connectivity index (χ3n) is 7.05. The minimum absolute atomic E-state index is 0. The van der Waals surface area contributed by atoms with Crippen LogP contribution in [-0.4, -0.2) is 23.8 Å². The second-order valence-corrected chi connectivity index (χ2v) is 12.7. The van der Waals surface area contributed by atoms with Gasteiger partial charge in [-0.2, -0.15) is 20.3 Å². The molecule has 0 aliphatic heterocycles. The van der Waals surface area contributed by atoms with E-state index in [1.165, 1.54) is 52.5 Å². The predicted molar refractivity (Wildman–Crippen MR) is 191 cm³/mol. The summed E-state index contributed by atoms with van der Waals surface area (Å²) in [5.74, 6) is 0.579. The topological polar surface area (TPSA) is 96.6 Å². The molecule has 0 saturated heterocycles. The average Bonchev–Trinajstić information content (AvgIpc) is 3.52. The van der Waals surface area contributed by atoms with Gasteiger partial charge in [0.15, 0.2) is 0 Å². The molecule has 1 saturated carbocycles. The molecule has 9 heteroatoms. The number of unbranched alkanes of at least 4 members (excludes halogenated alkanes) is 1. The molecule has 1 aliphatic carbocycles. The minimum atomic E-state index is -1.38. The van der Waals surface area contributed by atoms with Crippen molar-refractivity contribution in [1.82, 2.24) is 10.3 Å². The Kier molecular flexibility index (Phi) is 36.3. The molecule has 0 amide bonds. The zero-order valence-electron chi connectivity index (χ0n) is 30.3. The second-order valence-electron chi connectivity index (χ2n) is 10.4. The van der Waals surface area contributed by atoms with Crippen molar-refractivity contribution < 1.29 is 97.9 Å². The van der Waals surface area contributed by atoms with Crippen molar-refractivity contribution in [2.24, 2.45) is 0 Å². The molecule has 0 radical (unpaired) electrons. The van der Waals surface area contributed by atoms with Crippen LogP contribution in [0.15, 0.2) is 41.0 Å².